The summed E-state index contributed by atoms with van der Waals surface area (Å²) in [6.07, 6.45) is 4.53. The first-order chi connectivity index (χ1) is 12.3. The van der Waals surface area contributed by atoms with Gasteiger partial charge in [-0.15, -0.1) is 0 Å². The molecule has 1 fully saturated rings. The molecular weight excluding hydrogens is 310 g/mol. The van der Waals surface area contributed by atoms with E-state index in [0.717, 1.165) is 29.6 Å². The third-order valence-corrected chi connectivity index (χ3v) is 5.10. The van der Waals surface area contributed by atoms with Crippen LogP contribution in [0.1, 0.15) is 18.5 Å². The molecule has 0 bridgehead atoms. The van der Waals surface area contributed by atoms with Crippen molar-refractivity contribution >= 4 is 33.2 Å². The molecule has 126 valence electrons. The highest BCUT2D eigenvalue weighted by atomic mass is 15.3. The standard InChI is InChI=1S/C20H21N5/c1-13-9-14-4-6-17(11-19(14)22-13)25-8-2-3-20(25)23-16-5-7-18-15(10-16)12-21-24-18/h4-7,9-12,20,22-23H,2-3,8H2,1H3,(H,21,24). The number of benzene rings is 2. The molecule has 25 heavy (non-hydrogen) atoms. The Labute approximate surface area is 146 Å². The van der Waals surface area contributed by atoms with E-state index in [9.17, 15) is 0 Å². The highest BCUT2D eigenvalue weighted by Crippen LogP contribution is 2.30. The number of rotatable bonds is 3. The van der Waals surface area contributed by atoms with Crippen molar-refractivity contribution in [3.8, 4) is 0 Å². The second-order valence-electron chi connectivity index (χ2n) is 6.89. The van der Waals surface area contributed by atoms with Crippen LogP contribution in [0.3, 0.4) is 0 Å². The summed E-state index contributed by atoms with van der Waals surface area (Å²) in [5.74, 6) is 0. The van der Waals surface area contributed by atoms with Crippen LogP contribution in [-0.2, 0) is 0 Å². The highest BCUT2D eigenvalue weighted by molar-refractivity contribution is 5.84. The van der Waals surface area contributed by atoms with E-state index in [-0.39, 0.29) is 0 Å². The van der Waals surface area contributed by atoms with Gasteiger partial charge in [-0.2, -0.15) is 5.10 Å². The van der Waals surface area contributed by atoms with Crippen LogP contribution in [0.25, 0.3) is 21.8 Å². The first-order valence-corrected chi connectivity index (χ1v) is 8.82. The van der Waals surface area contributed by atoms with Crippen LogP contribution in [0.15, 0.2) is 48.7 Å². The van der Waals surface area contributed by atoms with Crippen LogP contribution in [0.4, 0.5) is 11.4 Å². The summed E-state index contributed by atoms with van der Waals surface area (Å²) in [5, 5.41) is 13.2. The normalized spacial score (nSPS) is 17.6. The van der Waals surface area contributed by atoms with Crippen molar-refractivity contribution in [2.45, 2.75) is 25.9 Å². The first-order valence-electron chi connectivity index (χ1n) is 8.82. The number of fused-ring (bicyclic) bond motifs is 2. The van der Waals surface area contributed by atoms with Gasteiger partial charge in [-0.05, 0) is 61.5 Å². The molecule has 0 aliphatic carbocycles. The van der Waals surface area contributed by atoms with Crippen molar-refractivity contribution in [3.05, 3.63) is 54.4 Å². The van der Waals surface area contributed by atoms with E-state index >= 15 is 0 Å². The summed E-state index contributed by atoms with van der Waals surface area (Å²) in [6.45, 7) is 3.18. The smallest absolute Gasteiger partial charge is 0.0990 e. The number of aryl methyl sites for hydroxylation is 1. The Hall–Kier alpha value is -2.95. The summed E-state index contributed by atoms with van der Waals surface area (Å²) < 4.78 is 0. The highest BCUT2D eigenvalue weighted by Gasteiger charge is 2.25. The lowest BCUT2D eigenvalue weighted by Gasteiger charge is -2.28. The summed E-state index contributed by atoms with van der Waals surface area (Å²) in [4.78, 5) is 5.91. The number of anilines is 2. The van der Waals surface area contributed by atoms with Gasteiger partial charge in [0.05, 0.1) is 17.9 Å². The molecule has 1 atom stereocenters. The number of hydrogen-bond acceptors (Lipinski definition) is 3. The summed E-state index contributed by atoms with van der Waals surface area (Å²) in [5.41, 5.74) is 5.90. The van der Waals surface area contributed by atoms with Crippen LogP contribution < -0.4 is 10.2 Å². The average molecular weight is 331 g/mol. The van der Waals surface area contributed by atoms with Crippen molar-refractivity contribution in [2.75, 3.05) is 16.8 Å². The van der Waals surface area contributed by atoms with Crippen molar-refractivity contribution in [3.63, 3.8) is 0 Å². The molecule has 0 radical (unpaired) electrons. The predicted octanol–water partition coefficient (Wildman–Crippen LogP) is 4.39. The zero-order chi connectivity index (χ0) is 16.8. The van der Waals surface area contributed by atoms with Gasteiger partial charge in [-0.1, -0.05) is 6.07 Å². The second kappa shape index (κ2) is 5.55. The molecule has 5 nitrogen and oxygen atoms in total. The van der Waals surface area contributed by atoms with Gasteiger partial charge in [0, 0.05) is 34.5 Å². The summed E-state index contributed by atoms with van der Waals surface area (Å²) in [7, 11) is 0. The van der Waals surface area contributed by atoms with Crippen LogP contribution in [0.2, 0.25) is 0 Å². The Morgan fingerprint density at radius 3 is 3.00 bits per heavy atom. The van der Waals surface area contributed by atoms with E-state index in [1.807, 2.05) is 6.20 Å². The lowest BCUT2D eigenvalue weighted by atomic mass is 10.2. The van der Waals surface area contributed by atoms with Gasteiger partial charge in [0.15, 0.2) is 0 Å². The van der Waals surface area contributed by atoms with Crippen molar-refractivity contribution in [1.29, 1.82) is 0 Å². The molecule has 4 aromatic rings. The zero-order valence-corrected chi connectivity index (χ0v) is 14.2. The van der Waals surface area contributed by atoms with E-state index in [0.29, 0.717) is 6.17 Å². The molecule has 1 saturated heterocycles. The lowest BCUT2D eigenvalue weighted by Crippen LogP contribution is -2.35. The fraction of sp³-hybridized carbons (Fsp3) is 0.250. The monoisotopic (exact) mass is 331 g/mol. The Balaban J connectivity index is 1.43. The van der Waals surface area contributed by atoms with E-state index in [1.54, 1.807) is 0 Å². The van der Waals surface area contributed by atoms with Gasteiger partial charge < -0.3 is 15.2 Å². The minimum absolute atomic E-state index is 0.317. The molecule has 3 N–H and O–H groups in total. The summed E-state index contributed by atoms with van der Waals surface area (Å²) >= 11 is 0. The predicted molar refractivity (Wildman–Crippen MR) is 103 cm³/mol. The van der Waals surface area contributed by atoms with E-state index < -0.39 is 0 Å². The molecule has 5 rings (SSSR count). The van der Waals surface area contributed by atoms with Gasteiger partial charge in [0.2, 0.25) is 0 Å². The van der Waals surface area contributed by atoms with E-state index in [1.165, 1.54) is 28.7 Å². The zero-order valence-electron chi connectivity index (χ0n) is 14.2. The molecule has 1 unspecified atom stereocenters. The molecule has 3 heterocycles. The van der Waals surface area contributed by atoms with Crippen LogP contribution in [-0.4, -0.2) is 27.9 Å². The van der Waals surface area contributed by atoms with Crippen molar-refractivity contribution in [2.24, 2.45) is 0 Å². The van der Waals surface area contributed by atoms with Crippen LogP contribution in [0.5, 0.6) is 0 Å². The lowest BCUT2D eigenvalue weighted by molar-refractivity contribution is 0.751. The molecular formula is C20H21N5. The number of H-pyrrole nitrogens is 2. The SMILES string of the molecule is Cc1cc2ccc(N3CCCC3Nc3ccc4[nH]ncc4c3)cc2[nH]1. The van der Waals surface area contributed by atoms with Gasteiger partial charge in [0.1, 0.15) is 0 Å². The fourth-order valence-corrected chi connectivity index (χ4v) is 3.89. The van der Waals surface area contributed by atoms with Gasteiger partial charge >= 0.3 is 0 Å². The number of nitrogens with zero attached hydrogens (tertiary/aromatic N) is 2. The third-order valence-electron chi connectivity index (χ3n) is 5.10. The minimum atomic E-state index is 0.317. The van der Waals surface area contributed by atoms with Gasteiger partial charge in [-0.3, -0.25) is 5.10 Å². The molecule has 0 saturated carbocycles. The number of nitrogens with one attached hydrogen (secondary N) is 3. The quantitative estimate of drug-likeness (QED) is 0.522. The maximum Gasteiger partial charge on any atom is 0.0990 e. The molecule has 1 aliphatic heterocycles. The minimum Gasteiger partial charge on any atom is -0.365 e. The number of aromatic amines is 2. The third kappa shape index (κ3) is 2.52. The van der Waals surface area contributed by atoms with Crippen molar-refractivity contribution in [1.82, 2.24) is 15.2 Å². The van der Waals surface area contributed by atoms with Gasteiger partial charge in [0.25, 0.3) is 0 Å². The maximum atomic E-state index is 4.10. The average Bonchev–Trinajstić information content (AvgIpc) is 3.32. The Bertz CT molecular complexity index is 1040. The molecule has 0 spiro atoms. The Morgan fingerprint density at radius 2 is 2.04 bits per heavy atom. The maximum absolute atomic E-state index is 4.10. The molecule has 2 aromatic carbocycles. The molecule has 0 amide bonds. The van der Waals surface area contributed by atoms with E-state index in [4.69, 9.17) is 0 Å². The first kappa shape index (κ1) is 14.4. The van der Waals surface area contributed by atoms with Crippen LogP contribution in [0, 0.1) is 6.92 Å². The Kier molecular flexibility index (Phi) is 3.20. The number of hydrogen-bond donors (Lipinski definition) is 3. The second-order valence-corrected chi connectivity index (χ2v) is 6.89. The van der Waals surface area contributed by atoms with E-state index in [2.05, 4.69) is 74.8 Å². The largest absolute Gasteiger partial charge is 0.365 e. The number of aromatic nitrogens is 3. The molecule has 2 aromatic heterocycles. The molecule has 5 heteroatoms. The summed E-state index contributed by atoms with van der Waals surface area (Å²) in [6, 6.07) is 15.3. The molecule has 1 aliphatic rings. The van der Waals surface area contributed by atoms with Gasteiger partial charge in [-0.25, -0.2) is 0 Å². The fourth-order valence-electron chi connectivity index (χ4n) is 3.89. The van der Waals surface area contributed by atoms with Crippen molar-refractivity contribution < 1.29 is 0 Å². The Morgan fingerprint density at radius 1 is 1.08 bits per heavy atom. The topological polar surface area (TPSA) is 59.7 Å². The van der Waals surface area contributed by atoms with Crippen LogP contribution >= 0.6 is 0 Å².